The maximum atomic E-state index is 12.4. The molecule has 2 heterocycles. The summed E-state index contributed by atoms with van der Waals surface area (Å²) in [7, 11) is 1.87. The highest BCUT2D eigenvalue weighted by Gasteiger charge is 2.33. The van der Waals surface area contributed by atoms with Gasteiger partial charge in [0.05, 0.1) is 6.04 Å². The molecule has 28 heavy (non-hydrogen) atoms. The summed E-state index contributed by atoms with van der Waals surface area (Å²) in [5, 5.41) is 26.0. The second-order valence-corrected chi connectivity index (χ2v) is 7.17. The van der Waals surface area contributed by atoms with Gasteiger partial charge in [-0.1, -0.05) is 26.0 Å². The lowest BCUT2D eigenvalue weighted by atomic mass is 10.0. The molecule has 3 N–H and O–H groups in total. The van der Waals surface area contributed by atoms with Gasteiger partial charge in [-0.25, -0.2) is 4.79 Å². The molecule has 1 fully saturated rings. The quantitative estimate of drug-likeness (QED) is 0.734. The van der Waals surface area contributed by atoms with Crippen LogP contribution in [0.3, 0.4) is 0 Å². The van der Waals surface area contributed by atoms with E-state index in [4.69, 9.17) is 5.26 Å². The molecule has 0 spiro atoms. The fourth-order valence-corrected chi connectivity index (χ4v) is 3.27. The predicted molar refractivity (Wildman–Crippen MR) is 108 cm³/mol. The van der Waals surface area contributed by atoms with Gasteiger partial charge < -0.3 is 20.9 Å². The van der Waals surface area contributed by atoms with Crippen LogP contribution in [-0.4, -0.2) is 48.4 Å². The number of carbonyl (C=O) groups is 1. The summed E-state index contributed by atoms with van der Waals surface area (Å²) in [5.74, 6) is 1.14. The number of hydrogen-bond acceptors (Lipinski definition) is 6. The number of nitriles is 1. The minimum atomic E-state index is -0.240. The van der Waals surface area contributed by atoms with E-state index < -0.39 is 0 Å². The second kappa shape index (κ2) is 8.67. The molecular weight excluding hydrogens is 354 g/mol. The van der Waals surface area contributed by atoms with Gasteiger partial charge in [-0.2, -0.15) is 5.26 Å². The lowest BCUT2D eigenvalue weighted by Crippen LogP contribution is -2.49. The number of nitrogens with zero attached hydrogens (tertiary/aromatic N) is 4. The highest BCUT2D eigenvalue weighted by Crippen LogP contribution is 2.19. The maximum absolute atomic E-state index is 12.4. The number of urea groups is 1. The van der Waals surface area contributed by atoms with E-state index in [-0.39, 0.29) is 23.8 Å². The highest BCUT2D eigenvalue weighted by molar-refractivity contribution is 5.89. The van der Waals surface area contributed by atoms with Crippen LogP contribution in [0.2, 0.25) is 0 Å². The average molecular weight is 379 g/mol. The number of benzene rings is 1. The van der Waals surface area contributed by atoms with Crippen molar-refractivity contribution in [1.29, 1.82) is 5.26 Å². The Bertz CT molecular complexity index is 842. The smallest absolute Gasteiger partial charge is 0.319 e. The van der Waals surface area contributed by atoms with Crippen molar-refractivity contribution < 1.29 is 4.79 Å². The number of hydrogen-bond donors (Lipinski definition) is 3. The summed E-state index contributed by atoms with van der Waals surface area (Å²) >= 11 is 0. The molecule has 146 valence electrons. The van der Waals surface area contributed by atoms with Crippen LogP contribution in [0, 0.1) is 11.3 Å². The molecule has 0 saturated carbocycles. The van der Waals surface area contributed by atoms with Gasteiger partial charge in [0.1, 0.15) is 6.07 Å². The van der Waals surface area contributed by atoms with E-state index in [9.17, 15) is 4.79 Å². The third-order valence-corrected chi connectivity index (χ3v) is 4.93. The molecule has 1 aliphatic heterocycles. The molecule has 1 aromatic heterocycles. The Morgan fingerprint density at radius 3 is 2.43 bits per heavy atom. The maximum Gasteiger partial charge on any atom is 0.319 e. The van der Waals surface area contributed by atoms with Gasteiger partial charge in [0.15, 0.2) is 11.5 Å². The lowest BCUT2D eigenvalue weighted by molar-refractivity contribution is 0.247. The van der Waals surface area contributed by atoms with E-state index in [2.05, 4.69) is 40.0 Å². The Labute approximate surface area is 165 Å². The normalized spacial score (nSPS) is 18.8. The number of likely N-dealkylation sites (N-methyl/N-ethyl adjacent to an activating group) is 1. The van der Waals surface area contributed by atoms with Gasteiger partial charge in [0.2, 0.25) is 0 Å². The minimum Gasteiger partial charge on any atom is -0.351 e. The first-order chi connectivity index (χ1) is 13.5. The zero-order valence-corrected chi connectivity index (χ0v) is 16.3. The van der Waals surface area contributed by atoms with Crippen molar-refractivity contribution >= 4 is 17.5 Å². The SMILES string of the molecule is CN[C@@H]1CN(c2ccc(C#N)nn2)C[C@@H]1NC(=O)Nc1ccc(C(C)C)cc1. The lowest BCUT2D eigenvalue weighted by Gasteiger charge is -2.19. The number of anilines is 2. The standard InChI is InChI=1S/C20H25N7O/c1-13(2)14-4-6-15(7-5-14)23-20(28)24-18-12-27(11-17(18)22-3)19-9-8-16(10-21)25-26-19/h4-9,13,17-18,22H,11-12H2,1-3H3,(H2,23,24,28)/t17-,18+/m1/s1. The molecular formula is C20H25N7O. The van der Waals surface area contributed by atoms with Crippen LogP contribution in [0.15, 0.2) is 36.4 Å². The van der Waals surface area contributed by atoms with Gasteiger partial charge in [-0.15, -0.1) is 10.2 Å². The van der Waals surface area contributed by atoms with Crippen molar-refractivity contribution in [2.24, 2.45) is 0 Å². The molecule has 2 amide bonds. The van der Waals surface area contributed by atoms with E-state index in [1.54, 1.807) is 12.1 Å². The van der Waals surface area contributed by atoms with Crippen molar-refractivity contribution in [3.05, 3.63) is 47.7 Å². The van der Waals surface area contributed by atoms with Crippen molar-refractivity contribution in [1.82, 2.24) is 20.8 Å². The molecule has 1 aliphatic rings. The highest BCUT2D eigenvalue weighted by atomic mass is 16.2. The summed E-state index contributed by atoms with van der Waals surface area (Å²) < 4.78 is 0. The molecule has 2 aromatic rings. The molecule has 2 atom stereocenters. The third-order valence-electron chi connectivity index (χ3n) is 4.93. The van der Waals surface area contributed by atoms with Gasteiger partial charge in [-0.3, -0.25) is 0 Å². The summed E-state index contributed by atoms with van der Waals surface area (Å²) in [6.45, 7) is 5.56. The second-order valence-electron chi connectivity index (χ2n) is 7.17. The number of aromatic nitrogens is 2. The van der Waals surface area contributed by atoms with E-state index >= 15 is 0 Å². The molecule has 8 heteroatoms. The first kappa shape index (κ1) is 19.6. The van der Waals surface area contributed by atoms with E-state index in [0.29, 0.717) is 24.8 Å². The Balaban J connectivity index is 1.60. The van der Waals surface area contributed by atoms with Crippen molar-refractivity contribution in [2.45, 2.75) is 31.8 Å². The Kier molecular flexibility index (Phi) is 6.06. The zero-order chi connectivity index (χ0) is 20.1. The first-order valence-corrected chi connectivity index (χ1v) is 9.33. The summed E-state index contributed by atoms with van der Waals surface area (Å²) in [6.07, 6.45) is 0. The van der Waals surface area contributed by atoms with Crippen LogP contribution in [0.4, 0.5) is 16.3 Å². The van der Waals surface area contributed by atoms with Crippen molar-refractivity contribution in [3.8, 4) is 6.07 Å². The summed E-state index contributed by atoms with van der Waals surface area (Å²) in [4.78, 5) is 14.5. The topological polar surface area (TPSA) is 106 Å². The molecule has 1 aromatic carbocycles. The largest absolute Gasteiger partial charge is 0.351 e. The van der Waals surface area contributed by atoms with Gasteiger partial charge in [-0.05, 0) is 42.8 Å². The summed E-state index contributed by atoms with van der Waals surface area (Å²) in [5.41, 5.74) is 2.28. The number of nitrogens with one attached hydrogen (secondary N) is 3. The molecule has 0 bridgehead atoms. The van der Waals surface area contributed by atoms with Crippen LogP contribution in [0.25, 0.3) is 0 Å². The first-order valence-electron chi connectivity index (χ1n) is 9.33. The fraction of sp³-hybridized carbons (Fsp3) is 0.400. The predicted octanol–water partition coefficient (Wildman–Crippen LogP) is 2.07. The van der Waals surface area contributed by atoms with Crippen LogP contribution in [-0.2, 0) is 0 Å². The van der Waals surface area contributed by atoms with E-state index in [0.717, 1.165) is 5.69 Å². The number of amides is 2. The van der Waals surface area contributed by atoms with Gasteiger partial charge >= 0.3 is 6.03 Å². The Hall–Kier alpha value is -3.18. The van der Waals surface area contributed by atoms with Crippen LogP contribution in [0.1, 0.15) is 31.0 Å². The molecule has 0 aliphatic carbocycles. The monoisotopic (exact) mass is 379 g/mol. The molecule has 3 rings (SSSR count). The zero-order valence-electron chi connectivity index (χ0n) is 16.3. The Morgan fingerprint density at radius 2 is 1.86 bits per heavy atom. The third kappa shape index (κ3) is 4.56. The molecule has 1 saturated heterocycles. The molecule has 0 radical (unpaired) electrons. The molecule has 8 nitrogen and oxygen atoms in total. The molecule has 0 unspecified atom stereocenters. The van der Waals surface area contributed by atoms with Crippen LogP contribution in [0.5, 0.6) is 0 Å². The summed E-state index contributed by atoms with van der Waals surface area (Å²) in [6, 6.07) is 13.0. The van der Waals surface area contributed by atoms with Crippen molar-refractivity contribution in [3.63, 3.8) is 0 Å². The van der Waals surface area contributed by atoms with Gasteiger partial charge in [0.25, 0.3) is 0 Å². The number of rotatable bonds is 5. The minimum absolute atomic E-state index is 0.0755. The van der Waals surface area contributed by atoms with E-state index in [1.807, 2.05) is 42.3 Å². The van der Waals surface area contributed by atoms with Crippen LogP contribution < -0.4 is 20.9 Å². The average Bonchev–Trinajstić information content (AvgIpc) is 3.11. The number of carbonyl (C=O) groups excluding carboxylic acids is 1. The Morgan fingerprint density at radius 1 is 1.14 bits per heavy atom. The van der Waals surface area contributed by atoms with E-state index in [1.165, 1.54) is 5.56 Å². The van der Waals surface area contributed by atoms with Gasteiger partial charge in [0, 0.05) is 24.8 Å². The van der Waals surface area contributed by atoms with Crippen molar-refractivity contribution in [2.75, 3.05) is 30.4 Å². The fourth-order valence-electron chi connectivity index (χ4n) is 3.27. The van der Waals surface area contributed by atoms with Crippen LogP contribution >= 0.6 is 0 Å².